The molecule has 2 aliphatic heterocycles. The van der Waals surface area contributed by atoms with Crippen LogP contribution < -0.4 is 21.1 Å². The molecule has 0 aliphatic carbocycles. The van der Waals surface area contributed by atoms with E-state index in [-0.39, 0.29) is 18.4 Å². The molecule has 2 unspecified atom stereocenters. The number of guanidine groups is 1. The molecular weight excluding hydrogens is 430 g/mol. The van der Waals surface area contributed by atoms with Gasteiger partial charge in [0.2, 0.25) is 0 Å². The molecular formula is C26H41N5O3. The summed E-state index contributed by atoms with van der Waals surface area (Å²) in [5.41, 5.74) is 5.62. The second-order valence-electron chi connectivity index (χ2n) is 9.58. The van der Waals surface area contributed by atoms with Gasteiger partial charge in [0.15, 0.2) is 12.6 Å². The van der Waals surface area contributed by atoms with Crippen LogP contribution in [-0.2, 0) is 9.59 Å². The van der Waals surface area contributed by atoms with Gasteiger partial charge in [-0.1, -0.05) is 38.0 Å². The summed E-state index contributed by atoms with van der Waals surface area (Å²) in [6, 6.07) is 9.40. The third-order valence-corrected chi connectivity index (χ3v) is 7.13. The van der Waals surface area contributed by atoms with E-state index in [0.29, 0.717) is 37.3 Å². The van der Waals surface area contributed by atoms with Crippen LogP contribution in [-0.4, -0.2) is 67.9 Å². The van der Waals surface area contributed by atoms with Gasteiger partial charge >= 0.3 is 0 Å². The number of hydrogen-bond donors (Lipinski definition) is 3. The molecule has 2 atom stereocenters. The summed E-state index contributed by atoms with van der Waals surface area (Å²) in [5.74, 6) is 1.66. The van der Waals surface area contributed by atoms with Crippen LogP contribution in [0.5, 0.6) is 5.75 Å². The monoisotopic (exact) mass is 471 g/mol. The number of nitrogens with zero attached hydrogens (tertiary/aromatic N) is 2. The topological polar surface area (TPSA) is 109 Å². The first-order valence-electron chi connectivity index (χ1n) is 12.8. The second-order valence-corrected chi connectivity index (χ2v) is 9.58. The molecule has 0 saturated carbocycles. The van der Waals surface area contributed by atoms with E-state index in [9.17, 15) is 9.59 Å². The first-order valence-corrected chi connectivity index (χ1v) is 12.8. The summed E-state index contributed by atoms with van der Waals surface area (Å²) in [6.07, 6.45) is 7.67. The highest BCUT2D eigenvalue weighted by Crippen LogP contribution is 2.28. The molecule has 1 aromatic rings. The van der Waals surface area contributed by atoms with Crippen LogP contribution in [0, 0.1) is 11.8 Å². The van der Waals surface area contributed by atoms with E-state index < -0.39 is 5.54 Å². The van der Waals surface area contributed by atoms with Gasteiger partial charge in [-0.05, 0) is 56.7 Å². The largest absolute Gasteiger partial charge is 0.484 e. The normalized spacial score (nSPS) is 21.5. The Bertz CT molecular complexity index is 789. The van der Waals surface area contributed by atoms with Gasteiger partial charge in [0.05, 0.1) is 5.54 Å². The van der Waals surface area contributed by atoms with Crippen molar-refractivity contribution in [3.63, 3.8) is 0 Å². The summed E-state index contributed by atoms with van der Waals surface area (Å²) in [5, 5.41) is 6.74. The van der Waals surface area contributed by atoms with E-state index in [2.05, 4.69) is 22.5 Å². The molecule has 2 heterocycles. The number of carbonyl (C=O) groups is 2. The zero-order valence-corrected chi connectivity index (χ0v) is 20.5. The van der Waals surface area contributed by atoms with E-state index in [4.69, 9.17) is 10.5 Å². The van der Waals surface area contributed by atoms with Crippen LogP contribution >= 0.6 is 0 Å². The molecule has 1 aromatic carbocycles. The lowest BCUT2D eigenvalue weighted by atomic mass is 9.77. The van der Waals surface area contributed by atoms with Crippen LogP contribution in [0.3, 0.4) is 0 Å². The number of carbonyl (C=O) groups excluding carboxylic acids is 2. The van der Waals surface area contributed by atoms with Gasteiger partial charge in [0.1, 0.15) is 12.0 Å². The summed E-state index contributed by atoms with van der Waals surface area (Å²) in [6.45, 7) is 6.03. The van der Waals surface area contributed by atoms with E-state index in [1.807, 2.05) is 35.2 Å². The minimum absolute atomic E-state index is 0.0137. The summed E-state index contributed by atoms with van der Waals surface area (Å²) in [4.78, 5) is 31.2. The quantitative estimate of drug-likeness (QED) is 0.260. The molecule has 3 rings (SSSR count). The number of aliphatic imine (C=N–C) groups is 1. The molecule has 4 N–H and O–H groups in total. The maximum Gasteiger partial charge on any atom is 0.260 e. The number of likely N-dealkylation sites (tertiary alicyclic amines) is 1. The average molecular weight is 472 g/mol. The molecule has 34 heavy (non-hydrogen) atoms. The predicted molar refractivity (Wildman–Crippen MR) is 135 cm³/mol. The van der Waals surface area contributed by atoms with E-state index >= 15 is 0 Å². The Morgan fingerprint density at radius 1 is 1.29 bits per heavy atom. The molecule has 1 amide bonds. The molecule has 0 spiro atoms. The molecule has 0 aromatic heterocycles. The van der Waals surface area contributed by atoms with Crippen LogP contribution in [0.25, 0.3) is 0 Å². The molecule has 8 heteroatoms. The highest BCUT2D eigenvalue weighted by atomic mass is 16.5. The lowest BCUT2D eigenvalue weighted by molar-refractivity contribution is -0.134. The highest BCUT2D eigenvalue weighted by molar-refractivity contribution is 5.83. The fourth-order valence-corrected chi connectivity index (χ4v) is 4.94. The number of aldehydes is 1. The minimum atomic E-state index is -0.661. The molecule has 0 bridgehead atoms. The Labute approximate surface area is 203 Å². The van der Waals surface area contributed by atoms with Gasteiger partial charge in [-0.2, -0.15) is 0 Å². The molecule has 2 saturated heterocycles. The number of nitrogens with two attached hydrogens (primary N) is 1. The Balaban J connectivity index is 1.47. The van der Waals surface area contributed by atoms with E-state index in [1.54, 1.807) is 0 Å². The van der Waals surface area contributed by atoms with Crippen molar-refractivity contribution >= 4 is 18.2 Å². The zero-order valence-electron chi connectivity index (χ0n) is 20.5. The lowest BCUT2D eigenvalue weighted by Gasteiger charge is -2.40. The van der Waals surface area contributed by atoms with Gasteiger partial charge in [-0.3, -0.25) is 9.79 Å². The summed E-state index contributed by atoms with van der Waals surface area (Å²) in [7, 11) is 0. The molecule has 188 valence electrons. The van der Waals surface area contributed by atoms with Gasteiger partial charge < -0.3 is 30.8 Å². The van der Waals surface area contributed by atoms with E-state index in [0.717, 1.165) is 64.3 Å². The van der Waals surface area contributed by atoms with Crippen molar-refractivity contribution in [3.05, 3.63) is 30.3 Å². The second kappa shape index (κ2) is 13.3. The summed E-state index contributed by atoms with van der Waals surface area (Å²) >= 11 is 0. The SMILES string of the molecule is CCCCC(C=O)(NC(N)=NCC1CCN(C(=O)COc2ccccc2)CC1)C1CCCNC1. The summed E-state index contributed by atoms with van der Waals surface area (Å²) < 4.78 is 5.59. The van der Waals surface area contributed by atoms with Crippen molar-refractivity contribution in [2.24, 2.45) is 22.6 Å². The standard InChI is InChI=1S/C26H41N5O3/c1-2-3-13-26(20-32,22-8-7-14-28-18-22)30-25(27)29-17-21-11-15-31(16-12-21)24(33)19-34-23-9-5-4-6-10-23/h4-6,9-10,20-22,28H,2-3,7-8,11-19H2,1H3,(H3,27,29,30). The molecule has 2 aliphatic rings. The number of nitrogens with one attached hydrogen (secondary N) is 2. The number of benzene rings is 1. The van der Waals surface area contributed by atoms with Crippen LogP contribution in [0.2, 0.25) is 0 Å². The van der Waals surface area contributed by atoms with Crippen molar-refractivity contribution in [2.45, 2.75) is 57.4 Å². The van der Waals surface area contributed by atoms with Crippen molar-refractivity contribution in [1.29, 1.82) is 0 Å². The number of amides is 1. The number of para-hydroxylation sites is 1. The lowest BCUT2D eigenvalue weighted by Crippen LogP contribution is -2.60. The number of unbranched alkanes of at least 4 members (excludes halogenated alkanes) is 1. The first kappa shape index (κ1) is 26.0. The predicted octanol–water partition coefficient (Wildman–Crippen LogP) is 2.34. The van der Waals surface area contributed by atoms with Gasteiger partial charge in [-0.25, -0.2) is 0 Å². The fraction of sp³-hybridized carbons (Fsp3) is 0.654. The van der Waals surface area contributed by atoms with Gasteiger partial charge in [0, 0.05) is 32.1 Å². The van der Waals surface area contributed by atoms with Crippen molar-refractivity contribution in [3.8, 4) is 5.75 Å². The third-order valence-electron chi connectivity index (χ3n) is 7.13. The first-order chi connectivity index (χ1) is 16.6. The van der Waals surface area contributed by atoms with Gasteiger partial charge in [-0.15, -0.1) is 0 Å². The average Bonchev–Trinajstić information content (AvgIpc) is 2.90. The van der Waals surface area contributed by atoms with E-state index in [1.165, 1.54) is 0 Å². The molecule has 0 radical (unpaired) electrons. The molecule has 8 nitrogen and oxygen atoms in total. The Hall–Kier alpha value is -2.61. The van der Waals surface area contributed by atoms with Crippen molar-refractivity contribution in [1.82, 2.24) is 15.5 Å². The maximum absolute atomic E-state index is 12.5. The Morgan fingerprint density at radius 3 is 2.71 bits per heavy atom. The fourth-order valence-electron chi connectivity index (χ4n) is 4.94. The third kappa shape index (κ3) is 7.45. The number of rotatable bonds is 11. The van der Waals surface area contributed by atoms with Crippen LogP contribution in [0.1, 0.15) is 51.9 Å². The highest BCUT2D eigenvalue weighted by Gasteiger charge is 2.39. The van der Waals surface area contributed by atoms with Crippen LogP contribution in [0.4, 0.5) is 0 Å². The van der Waals surface area contributed by atoms with Crippen molar-refractivity contribution in [2.75, 3.05) is 39.3 Å². The number of ether oxygens (including phenoxy) is 1. The smallest absolute Gasteiger partial charge is 0.260 e. The van der Waals surface area contributed by atoms with Crippen molar-refractivity contribution < 1.29 is 14.3 Å². The number of piperidine rings is 2. The number of hydrogen-bond acceptors (Lipinski definition) is 5. The van der Waals surface area contributed by atoms with Gasteiger partial charge in [0.25, 0.3) is 5.91 Å². The molecule has 2 fully saturated rings. The zero-order chi connectivity index (χ0) is 24.2. The maximum atomic E-state index is 12.5. The Kier molecular flexibility index (Phi) is 10.2. The minimum Gasteiger partial charge on any atom is -0.484 e. The van der Waals surface area contributed by atoms with Crippen LogP contribution in [0.15, 0.2) is 35.3 Å². The Morgan fingerprint density at radius 2 is 2.06 bits per heavy atom.